The topological polar surface area (TPSA) is 58.7 Å². The van der Waals surface area contributed by atoms with E-state index in [1.165, 1.54) is 31.0 Å². The first kappa shape index (κ1) is 17.4. The van der Waals surface area contributed by atoms with Crippen molar-refractivity contribution in [2.45, 2.75) is 52.4 Å². The predicted octanol–water partition coefficient (Wildman–Crippen LogP) is 5.43. The molecule has 3 rings (SSSR count). The molecule has 0 fully saturated rings. The maximum atomic E-state index is 10.9. The molecule has 1 aromatic carbocycles. The van der Waals surface area contributed by atoms with E-state index in [9.17, 15) is 10.1 Å². The minimum atomic E-state index is -0.364. The third-order valence-electron chi connectivity index (χ3n) is 4.91. The highest BCUT2D eigenvalue weighted by molar-refractivity contribution is 5.88. The maximum absolute atomic E-state index is 10.9. The zero-order valence-electron chi connectivity index (χ0n) is 15.0. The van der Waals surface area contributed by atoms with E-state index in [4.69, 9.17) is 4.99 Å². The molecule has 0 aromatic heterocycles. The van der Waals surface area contributed by atoms with Crippen molar-refractivity contribution < 1.29 is 4.92 Å². The van der Waals surface area contributed by atoms with Crippen LogP contribution in [0.25, 0.3) is 0 Å². The van der Waals surface area contributed by atoms with Crippen LogP contribution >= 0.6 is 0 Å². The van der Waals surface area contributed by atoms with Crippen molar-refractivity contribution in [3.8, 4) is 0 Å². The number of rotatable bonds is 4. The standard InChI is InChI=1S/C20H25N3O2/c1-14(2)13-22-19-7-5-4-6-16(19)8-11-20(22)21-18-10-9-17(23(24)25)12-15(18)3/h9-10,12H,1,4-8,11,13H2,2-3H3. The minimum absolute atomic E-state index is 0.112. The molecule has 0 saturated heterocycles. The number of benzene rings is 1. The minimum Gasteiger partial charge on any atom is -0.330 e. The fraction of sp³-hybridized carbons (Fsp3) is 0.450. The Labute approximate surface area is 148 Å². The number of aliphatic imine (C=N–C) groups is 1. The van der Waals surface area contributed by atoms with E-state index in [0.717, 1.165) is 48.5 Å². The van der Waals surface area contributed by atoms with Gasteiger partial charge >= 0.3 is 0 Å². The van der Waals surface area contributed by atoms with Gasteiger partial charge in [-0.3, -0.25) is 10.1 Å². The van der Waals surface area contributed by atoms with Crippen LogP contribution in [0.5, 0.6) is 0 Å². The molecule has 1 heterocycles. The van der Waals surface area contributed by atoms with Gasteiger partial charge in [-0.1, -0.05) is 17.7 Å². The number of hydrogen-bond acceptors (Lipinski definition) is 3. The number of allylic oxidation sites excluding steroid dienone is 2. The van der Waals surface area contributed by atoms with Crippen LogP contribution in [0.1, 0.15) is 51.0 Å². The van der Waals surface area contributed by atoms with Crippen LogP contribution in [0.2, 0.25) is 0 Å². The van der Waals surface area contributed by atoms with Gasteiger partial charge in [-0.25, -0.2) is 4.99 Å². The van der Waals surface area contributed by atoms with E-state index in [-0.39, 0.29) is 10.6 Å². The molecule has 1 aromatic rings. The quantitative estimate of drug-likeness (QED) is 0.417. The molecule has 0 N–H and O–H groups in total. The molecule has 0 spiro atoms. The molecule has 0 unspecified atom stereocenters. The van der Waals surface area contributed by atoms with Crippen molar-refractivity contribution in [3.63, 3.8) is 0 Å². The SMILES string of the molecule is C=C(C)CN1C(=Nc2ccc([N+](=O)[O-])cc2C)CCC2=C1CCCC2. The molecule has 1 aliphatic carbocycles. The summed E-state index contributed by atoms with van der Waals surface area (Å²) in [6.45, 7) is 8.80. The third-order valence-corrected chi connectivity index (χ3v) is 4.91. The number of hydrogen-bond donors (Lipinski definition) is 0. The summed E-state index contributed by atoms with van der Waals surface area (Å²) in [6, 6.07) is 4.88. The van der Waals surface area contributed by atoms with Gasteiger partial charge in [-0.05, 0) is 57.6 Å². The number of aryl methyl sites for hydroxylation is 1. The first-order valence-electron chi connectivity index (χ1n) is 8.91. The van der Waals surface area contributed by atoms with Gasteiger partial charge in [-0.15, -0.1) is 0 Å². The lowest BCUT2D eigenvalue weighted by Crippen LogP contribution is -2.36. The molecule has 0 saturated carbocycles. The molecule has 1 aliphatic heterocycles. The lowest BCUT2D eigenvalue weighted by Gasteiger charge is -2.37. The summed E-state index contributed by atoms with van der Waals surface area (Å²) >= 11 is 0. The Bertz CT molecular complexity index is 777. The first-order valence-corrected chi connectivity index (χ1v) is 8.91. The number of nitro groups is 1. The summed E-state index contributed by atoms with van der Waals surface area (Å²) in [7, 11) is 0. The number of nitro benzene ring substituents is 1. The highest BCUT2D eigenvalue weighted by Gasteiger charge is 2.27. The molecule has 0 bridgehead atoms. The van der Waals surface area contributed by atoms with Crippen LogP contribution in [0.4, 0.5) is 11.4 Å². The smallest absolute Gasteiger partial charge is 0.269 e. The van der Waals surface area contributed by atoms with Crippen molar-refractivity contribution >= 4 is 17.2 Å². The van der Waals surface area contributed by atoms with E-state index in [0.29, 0.717) is 0 Å². The molecule has 0 amide bonds. The second kappa shape index (κ2) is 7.21. The van der Waals surface area contributed by atoms with Crippen molar-refractivity contribution in [1.29, 1.82) is 0 Å². The molecule has 0 radical (unpaired) electrons. The van der Waals surface area contributed by atoms with E-state index in [1.807, 2.05) is 13.8 Å². The highest BCUT2D eigenvalue weighted by atomic mass is 16.6. The maximum Gasteiger partial charge on any atom is 0.269 e. The Balaban J connectivity index is 1.97. The normalized spacial score (nSPS) is 19.1. The zero-order chi connectivity index (χ0) is 18.0. The summed E-state index contributed by atoms with van der Waals surface area (Å²) in [6.07, 6.45) is 6.82. The summed E-state index contributed by atoms with van der Waals surface area (Å²) in [5.41, 5.74) is 5.88. The van der Waals surface area contributed by atoms with Crippen molar-refractivity contribution in [2.75, 3.05) is 6.54 Å². The van der Waals surface area contributed by atoms with Crippen LogP contribution < -0.4 is 0 Å². The fourth-order valence-corrected chi connectivity index (χ4v) is 3.69. The Kier molecular flexibility index (Phi) is 5.02. The molecule has 2 aliphatic rings. The Morgan fingerprint density at radius 1 is 1.28 bits per heavy atom. The highest BCUT2D eigenvalue weighted by Crippen LogP contribution is 2.36. The number of non-ortho nitro benzene ring substituents is 1. The fourth-order valence-electron chi connectivity index (χ4n) is 3.69. The lowest BCUT2D eigenvalue weighted by atomic mass is 9.88. The average molecular weight is 339 g/mol. The van der Waals surface area contributed by atoms with Crippen LogP contribution in [0.15, 0.2) is 46.6 Å². The summed E-state index contributed by atoms with van der Waals surface area (Å²) in [5.74, 6) is 1.06. The zero-order valence-corrected chi connectivity index (χ0v) is 15.0. The summed E-state index contributed by atoms with van der Waals surface area (Å²) < 4.78 is 0. The summed E-state index contributed by atoms with van der Waals surface area (Å²) in [5, 5.41) is 10.9. The number of nitrogens with zero attached hydrogens (tertiary/aromatic N) is 3. The van der Waals surface area contributed by atoms with Crippen molar-refractivity contribution in [2.24, 2.45) is 4.99 Å². The van der Waals surface area contributed by atoms with Crippen LogP contribution in [-0.2, 0) is 0 Å². The van der Waals surface area contributed by atoms with Gasteiger partial charge < -0.3 is 4.90 Å². The predicted molar refractivity (Wildman–Crippen MR) is 101 cm³/mol. The van der Waals surface area contributed by atoms with Crippen molar-refractivity contribution in [1.82, 2.24) is 4.90 Å². The molecule has 25 heavy (non-hydrogen) atoms. The van der Waals surface area contributed by atoms with Gasteiger partial charge in [0.05, 0.1) is 10.6 Å². The van der Waals surface area contributed by atoms with Gasteiger partial charge in [0.2, 0.25) is 0 Å². The molecular weight excluding hydrogens is 314 g/mol. The molecule has 5 heteroatoms. The van der Waals surface area contributed by atoms with E-state index < -0.39 is 0 Å². The van der Waals surface area contributed by atoms with Gasteiger partial charge in [0.1, 0.15) is 5.84 Å². The Morgan fingerprint density at radius 2 is 2.04 bits per heavy atom. The Hall–Kier alpha value is -2.43. The van der Waals surface area contributed by atoms with E-state index >= 15 is 0 Å². The van der Waals surface area contributed by atoms with Crippen LogP contribution in [-0.4, -0.2) is 22.2 Å². The van der Waals surface area contributed by atoms with Gasteiger partial charge in [0.25, 0.3) is 5.69 Å². The molecular formula is C20H25N3O2. The molecule has 5 nitrogen and oxygen atoms in total. The average Bonchev–Trinajstić information content (AvgIpc) is 2.58. The first-order chi connectivity index (χ1) is 12.0. The van der Waals surface area contributed by atoms with Gasteiger partial charge in [-0.2, -0.15) is 0 Å². The third kappa shape index (κ3) is 3.81. The lowest BCUT2D eigenvalue weighted by molar-refractivity contribution is -0.384. The van der Waals surface area contributed by atoms with Crippen LogP contribution in [0, 0.1) is 17.0 Å². The number of amidine groups is 1. The molecule has 132 valence electrons. The van der Waals surface area contributed by atoms with E-state index in [1.54, 1.807) is 17.7 Å². The monoisotopic (exact) mass is 339 g/mol. The van der Waals surface area contributed by atoms with E-state index in [2.05, 4.69) is 11.5 Å². The van der Waals surface area contributed by atoms with Gasteiger partial charge in [0.15, 0.2) is 0 Å². The van der Waals surface area contributed by atoms with Crippen molar-refractivity contribution in [3.05, 3.63) is 57.3 Å². The second-order valence-electron chi connectivity index (χ2n) is 7.06. The summed E-state index contributed by atoms with van der Waals surface area (Å²) in [4.78, 5) is 17.8. The molecule has 0 atom stereocenters. The Morgan fingerprint density at radius 3 is 2.72 bits per heavy atom. The van der Waals surface area contributed by atoms with Gasteiger partial charge in [0, 0.05) is 30.8 Å². The second-order valence-corrected chi connectivity index (χ2v) is 7.06. The van der Waals surface area contributed by atoms with Crippen LogP contribution in [0.3, 0.4) is 0 Å². The largest absolute Gasteiger partial charge is 0.330 e.